The fourth-order valence-electron chi connectivity index (χ4n) is 1.07. The first-order valence-corrected chi connectivity index (χ1v) is 5.62. The molecule has 2 unspecified atom stereocenters. The average Bonchev–Trinajstić information content (AvgIpc) is 2.20. The van der Waals surface area contributed by atoms with E-state index in [2.05, 4.69) is 26.2 Å². The zero-order valence-electron chi connectivity index (χ0n) is 8.87. The fourth-order valence-corrected chi connectivity index (χ4v) is 1.56. The van der Waals surface area contributed by atoms with Crippen LogP contribution in [0.25, 0.3) is 0 Å². The van der Waals surface area contributed by atoms with Gasteiger partial charge in [0, 0.05) is 12.6 Å². The van der Waals surface area contributed by atoms with E-state index < -0.39 is 0 Å². The second-order valence-corrected chi connectivity index (χ2v) is 4.55. The molecule has 1 heterocycles. The van der Waals surface area contributed by atoms with Crippen molar-refractivity contribution in [3.05, 3.63) is 16.7 Å². The van der Waals surface area contributed by atoms with Crippen molar-refractivity contribution < 1.29 is 5.11 Å². The largest absolute Gasteiger partial charge is 0.397 e. The van der Waals surface area contributed by atoms with Crippen LogP contribution < -0.4 is 11.1 Å². The highest BCUT2D eigenvalue weighted by atomic mass is 79.9. The summed E-state index contributed by atoms with van der Waals surface area (Å²) in [5.41, 5.74) is 6.20. The predicted molar refractivity (Wildman–Crippen MR) is 65.7 cm³/mol. The summed E-state index contributed by atoms with van der Waals surface area (Å²) in [6.07, 6.45) is 1.60. The molecule has 0 aliphatic rings. The Morgan fingerprint density at radius 2 is 2.27 bits per heavy atom. The second kappa shape index (κ2) is 5.32. The van der Waals surface area contributed by atoms with Crippen LogP contribution in [0.3, 0.4) is 0 Å². The van der Waals surface area contributed by atoms with Gasteiger partial charge in [-0.25, -0.2) is 4.98 Å². The van der Waals surface area contributed by atoms with E-state index in [4.69, 9.17) is 10.8 Å². The lowest BCUT2D eigenvalue weighted by molar-refractivity contribution is 0.226. The molecule has 4 N–H and O–H groups in total. The van der Waals surface area contributed by atoms with E-state index in [1.54, 1.807) is 12.3 Å². The van der Waals surface area contributed by atoms with Gasteiger partial charge in [0.15, 0.2) is 0 Å². The van der Waals surface area contributed by atoms with Crippen molar-refractivity contribution in [1.29, 1.82) is 0 Å². The van der Waals surface area contributed by atoms with Crippen LogP contribution in [-0.2, 0) is 0 Å². The number of hydrogen-bond donors (Lipinski definition) is 3. The Morgan fingerprint density at radius 3 is 2.80 bits per heavy atom. The lowest BCUT2D eigenvalue weighted by Gasteiger charge is -2.20. The molecule has 1 aromatic rings. The number of aliphatic hydroxyl groups is 1. The first-order valence-electron chi connectivity index (χ1n) is 4.83. The van der Waals surface area contributed by atoms with E-state index in [-0.39, 0.29) is 18.6 Å². The Labute approximate surface area is 98.0 Å². The molecule has 0 aliphatic heterocycles. The van der Waals surface area contributed by atoms with Gasteiger partial charge >= 0.3 is 0 Å². The molecular formula is C10H16BrN3O. The van der Waals surface area contributed by atoms with Crippen molar-refractivity contribution >= 4 is 27.4 Å². The normalized spacial score (nSPS) is 14.7. The van der Waals surface area contributed by atoms with Gasteiger partial charge in [0.25, 0.3) is 0 Å². The lowest BCUT2D eigenvalue weighted by atomic mass is 10.1. The van der Waals surface area contributed by atoms with Gasteiger partial charge in [-0.15, -0.1) is 0 Å². The number of rotatable bonds is 4. The van der Waals surface area contributed by atoms with Crippen LogP contribution >= 0.6 is 15.9 Å². The van der Waals surface area contributed by atoms with E-state index in [9.17, 15) is 0 Å². The van der Waals surface area contributed by atoms with Crippen LogP contribution in [-0.4, -0.2) is 22.7 Å². The Hall–Kier alpha value is -0.810. The van der Waals surface area contributed by atoms with Crippen LogP contribution in [0.15, 0.2) is 16.7 Å². The summed E-state index contributed by atoms with van der Waals surface area (Å²) in [5.74, 6) is 0.924. The van der Waals surface area contributed by atoms with Crippen molar-refractivity contribution in [2.24, 2.45) is 5.92 Å². The minimum atomic E-state index is 0.154. The van der Waals surface area contributed by atoms with Gasteiger partial charge < -0.3 is 16.2 Å². The molecule has 0 spiro atoms. The van der Waals surface area contributed by atoms with Crippen molar-refractivity contribution in [2.75, 3.05) is 17.7 Å². The molecule has 2 atom stereocenters. The number of aromatic nitrogens is 1. The van der Waals surface area contributed by atoms with Gasteiger partial charge in [-0.3, -0.25) is 0 Å². The molecule has 0 bridgehead atoms. The molecule has 4 nitrogen and oxygen atoms in total. The fraction of sp³-hybridized carbons (Fsp3) is 0.500. The molecular weight excluding hydrogens is 258 g/mol. The number of nitrogens with zero attached hydrogens (tertiary/aromatic N) is 1. The van der Waals surface area contributed by atoms with E-state index >= 15 is 0 Å². The van der Waals surface area contributed by atoms with Crippen molar-refractivity contribution in [1.82, 2.24) is 4.98 Å². The van der Waals surface area contributed by atoms with Gasteiger partial charge in [-0.05, 0) is 34.8 Å². The van der Waals surface area contributed by atoms with Gasteiger partial charge in [-0.1, -0.05) is 6.92 Å². The number of anilines is 2. The molecule has 0 radical (unpaired) electrons. The minimum absolute atomic E-state index is 0.154. The summed E-state index contributed by atoms with van der Waals surface area (Å²) in [6.45, 7) is 4.13. The maximum atomic E-state index is 9.00. The highest BCUT2D eigenvalue weighted by Gasteiger charge is 2.12. The predicted octanol–water partition coefficient (Wildman–Crippen LogP) is 1.86. The molecule has 0 aliphatic carbocycles. The standard InChI is InChI=1S/C10H16BrN3O/c1-6(5-15)7(2)14-10-9(11)3-8(12)4-13-10/h3-4,6-7,15H,5,12H2,1-2H3,(H,13,14). The zero-order chi connectivity index (χ0) is 11.4. The molecule has 0 fully saturated rings. The van der Waals surface area contributed by atoms with Gasteiger partial charge in [0.1, 0.15) is 5.82 Å². The molecule has 1 aromatic heterocycles. The first-order chi connectivity index (χ1) is 7.04. The van der Waals surface area contributed by atoms with E-state index in [0.29, 0.717) is 5.69 Å². The average molecular weight is 274 g/mol. The Balaban J connectivity index is 2.72. The summed E-state index contributed by atoms with van der Waals surface area (Å²) in [5, 5.41) is 12.2. The maximum Gasteiger partial charge on any atom is 0.140 e. The molecule has 84 valence electrons. The number of hydrogen-bond acceptors (Lipinski definition) is 4. The number of nitrogens with one attached hydrogen (secondary N) is 1. The molecule has 1 rings (SSSR count). The number of aliphatic hydroxyl groups excluding tert-OH is 1. The Morgan fingerprint density at radius 1 is 1.60 bits per heavy atom. The van der Waals surface area contributed by atoms with Crippen LogP contribution in [0.2, 0.25) is 0 Å². The van der Waals surface area contributed by atoms with Gasteiger partial charge in [0.2, 0.25) is 0 Å². The van der Waals surface area contributed by atoms with Crippen LogP contribution in [0.4, 0.5) is 11.5 Å². The Bertz CT molecular complexity index is 332. The SMILES string of the molecule is CC(CO)C(C)Nc1ncc(N)cc1Br. The number of halogens is 1. The summed E-state index contributed by atoms with van der Waals surface area (Å²) in [7, 11) is 0. The summed E-state index contributed by atoms with van der Waals surface area (Å²) < 4.78 is 0.833. The first kappa shape index (κ1) is 12.3. The Kier molecular flexibility index (Phi) is 4.35. The van der Waals surface area contributed by atoms with Crippen molar-refractivity contribution in [3.8, 4) is 0 Å². The van der Waals surface area contributed by atoms with Gasteiger partial charge in [0.05, 0.1) is 16.4 Å². The smallest absolute Gasteiger partial charge is 0.140 e. The second-order valence-electron chi connectivity index (χ2n) is 3.69. The number of nitrogens with two attached hydrogens (primary N) is 1. The van der Waals surface area contributed by atoms with E-state index in [0.717, 1.165) is 10.3 Å². The van der Waals surface area contributed by atoms with E-state index in [1.165, 1.54) is 0 Å². The van der Waals surface area contributed by atoms with Gasteiger partial charge in [-0.2, -0.15) is 0 Å². The molecule has 0 aromatic carbocycles. The van der Waals surface area contributed by atoms with Crippen LogP contribution in [0, 0.1) is 5.92 Å². The molecule has 0 amide bonds. The van der Waals surface area contributed by atoms with E-state index in [1.807, 2.05) is 13.8 Å². The van der Waals surface area contributed by atoms with Crippen molar-refractivity contribution in [2.45, 2.75) is 19.9 Å². The summed E-state index contributed by atoms with van der Waals surface area (Å²) >= 11 is 3.38. The monoisotopic (exact) mass is 273 g/mol. The molecule has 15 heavy (non-hydrogen) atoms. The topological polar surface area (TPSA) is 71.2 Å². The third-order valence-corrected chi connectivity index (χ3v) is 2.97. The third-order valence-electron chi connectivity index (χ3n) is 2.37. The quantitative estimate of drug-likeness (QED) is 0.783. The highest BCUT2D eigenvalue weighted by molar-refractivity contribution is 9.10. The highest BCUT2D eigenvalue weighted by Crippen LogP contribution is 2.23. The zero-order valence-corrected chi connectivity index (χ0v) is 10.5. The van der Waals surface area contributed by atoms with Crippen molar-refractivity contribution in [3.63, 3.8) is 0 Å². The third kappa shape index (κ3) is 3.35. The van der Waals surface area contributed by atoms with Crippen LogP contribution in [0.1, 0.15) is 13.8 Å². The number of pyridine rings is 1. The van der Waals surface area contributed by atoms with Crippen LogP contribution in [0.5, 0.6) is 0 Å². The summed E-state index contributed by atoms with van der Waals surface area (Å²) in [6, 6.07) is 1.95. The number of nitrogen functional groups attached to an aromatic ring is 1. The summed E-state index contributed by atoms with van der Waals surface area (Å²) in [4.78, 5) is 4.17. The molecule has 0 saturated carbocycles. The minimum Gasteiger partial charge on any atom is -0.397 e. The maximum absolute atomic E-state index is 9.00. The molecule has 5 heteroatoms. The lowest BCUT2D eigenvalue weighted by Crippen LogP contribution is -2.26. The molecule has 0 saturated heterocycles.